The van der Waals surface area contributed by atoms with Crippen LogP contribution in [0.1, 0.15) is 22.8 Å². The molecule has 2 aromatic rings. The van der Waals surface area contributed by atoms with E-state index in [9.17, 15) is 13.9 Å². The first kappa shape index (κ1) is 13.0. The Morgan fingerprint density at radius 3 is 2.11 bits per heavy atom. The summed E-state index contributed by atoms with van der Waals surface area (Å²) in [5.74, 6) is -0.869. The van der Waals surface area contributed by atoms with Crippen molar-refractivity contribution >= 4 is 11.6 Å². The molecule has 0 aliphatic carbocycles. The molecule has 0 amide bonds. The Kier molecular flexibility index (Phi) is 3.64. The van der Waals surface area contributed by atoms with Gasteiger partial charge in [-0.3, -0.25) is 0 Å². The van der Waals surface area contributed by atoms with Crippen LogP contribution in [-0.4, -0.2) is 5.11 Å². The van der Waals surface area contributed by atoms with E-state index in [0.29, 0.717) is 16.7 Å². The average Bonchev–Trinajstić information content (AvgIpc) is 2.35. The van der Waals surface area contributed by atoms with E-state index in [1.807, 2.05) is 0 Å². The number of hydrogen-bond donors (Lipinski definition) is 1. The van der Waals surface area contributed by atoms with E-state index < -0.39 is 11.9 Å². The molecular formula is C14H11ClF2O. The zero-order chi connectivity index (χ0) is 13.3. The largest absolute Gasteiger partial charge is 0.384 e. The van der Waals surface area contributed by atoms with Gasteiger partial charge in [0.05, 0.1) is 5.02 Å². The number of aryl methyl sites for hydroxylation is 1. The van der Waals surface area contributed by atoms with E-state index in [0.717, 1.165) is 0 Å². The third kappa shape index (κ3) is 2.52. The quantitative estimate of drug-likeness (QED) is 0.873. The van der Waals surface area contributed by atoms with Crippen LogP contribution in [0.25, 0.3) is 0 Å². The smallest absolute Gasteiger partial charge is 0.141 e. The van der Waals surface area contributed by atoms with Crippen LogP contribution in [0.4, 0.5) is 8.78 Å². The third-order valence-corrected chi connectivity index (χ3v) is 3.05. The van der Waals surface area contributed by atoms with E-state index >= 15 is 0 Å². The van der Waals surface area contributed by atoms with Crippen LogP contribution in [-0.2, 0) is 0 Å². The Hall–Kier alpha value is -1.45. The highest BCUT2D eigenvalue weighted by Crippen LogP contribution is 2.26. The summed E-state index contributed by atoms with van der Waals surface area (Å²) in [4.78, 5) is 0. The van der Waals surface area contributed by atoms with Gasteiger partial charge in [0.1, 0.15) is 17.7 Å². The summed E-state index contributed by atoms with van der Waals surface area (Å²) in [6, 6.07) is 8.34. The minimum Gasteiger partial charge on any atom is -0.384 e. The molecule has 0 saturated carbocycles. The molecule has 1 nitrogen and oxygen atoms in total. The first-order valence-electron chi connectivity index (χ1n) is 5.38. The van der Waals surface area contributed by atoms with Gasteiger partial charge in [-0.2, -0.15) is 0 Å². The summed E-state index contributed by atoms with van der Waals surface area (Å²) < 4.78 is 26.1. The molecule has 0 radical (unpaired) electrons. The highest BCUT2D eigenvalue weighted by atomic mass is 35.5. The zero-order valence-electron chi connectivity index (χ0n) is 9.62. The molecule has 1 atom stereocenters. The van der Waals surface area contributed by atoms with Gasteiger partial charge in [0.2, 0.25) is 0 Å². The van der Waals surface area contributed by atoms with E-state index in [1.54, 1.807) is 13.0 Å². The van der Waals surface area contributed by atoms with Crippen LogP contribution in [0.15, 0.2) is 36.4 Å². The highest BCUT2D eigenvalue weighted by Gasteiger charge is 2.13. The molecule has 0 fully saturated rings. The molecule has 0 aromatic heterocycles. The first-order valence-corrected chi connectivity index (χ1v) is 5.76. The van der Waals surface area contributed by atoms with Crippen molar-refractivity contribution in [3.8, 4) is 0 Å². The number of aliphatic hydroxyl groups is 1. The van der Waals surface area contributed by atoms with Gasteiger partial charge in [-0.25, -0.2) is 8.78 Å². The molecule has 0 saturated heterocycles. The minimum atomic E-state index is -0.956. The standard InChI is InChI=1S/C14H11ClF2O/c1-8-6-9(2-4-12(8)16)14(18)10-3-5-13(17)11(15)7-10/h2-7,14,18H,1H3. The predicted molar refractivity (Wildman–Crippen MR) is 66.6 cm³/mol. The fraction of sp³-hybridized carbons (Fsp3) is 0.143. The third-order valence-electron chi connectivity index (χ3n) is 2.76. The zero-order valence-corrected chi connectivity index (χ0v) is 10.4. The molecule has 2 rings (SSSR count). The summed E-state index contributed by atoms with van der Waals surface area (Å²) >= 11 is 5.66. The second kappa shape index (κ2) is 5.04. The summed E-state index contributed by atoms with van der Waals surface area (Å²) in [5.41, 5.74) is 1.45. The van der Waals surface area contributed by atoms with Gasteiger partial charge in [-0.05, 0) is 41.8 Å². The number of benzene rings is 2. The van der Waals surface area contributed by atoms with Crippen molar-refractivity contribution in [2.24, 2.45) is 0 Å². The second-order valence-corrected chi connectivity index (χ2v) is 4.49. The number of hydrogen-bond acceptors (Lipinski definition) is 1. The van der Waals surface area contributed by atoms with Crippen molar-refractivity contribution < 1.29 is 13.9 Å². The van der Waals surface area contributed by atoms with Gasteiger partial charge in [-0.1, -0.05) is 29.8 Å². The van der Waals surface area contributed by atoms with Crippen LogP contribution < -0.4 is 0 Å². The normalized spacial score (nSPS) is 12.5. The van der Waals surface area contributed by atoms with Crippen LogP contribution in [0.2, 0.25) is 5.02 Å². The molecule has 0 aliphatic rings. The maximum Gasteiger partial charge on any atom is 0.141 e. The van der Waals surface area contributed by atoms with E-state index in [2.05, 4.69) is 0 Å². The maximum atomic E-state index is 13.1. The van der Waals surface area contributed by atoms with Crippen molar-refractivity contribution in [2.75, 3.05) is 0 Å². The lowest BCUT2D eigenvalue weighted by Gasteiger charge is -2.13. The molecule has 94 valence electrons. The van der Waals surface area contributed by atoms with Gasteiger partial charge < -0.3 is 5.11 Å². The lowest BCUT2D eigenvalue weighted by molar-refractivity contribution is 0.220. The SMILES string of the molecule is Cc1cc(C(O)c2ccc(F)c(Cl)c2)ccc1F. The Labute approximate surface area is 109 Å². The van der Waals surface area contributed by atoms with E-state index in [1.165, 1.54) is 30.3 Å². The summed E-state index contributed by atoms with van der Waals surface area (Å²) in [7, 11) is 0. The maximum absolute atomic E-state index is 13.1. The molecule has 0 spiro atoms. The molecule has 2 aromatic carbocycles. The Bertz CT molecular complexity index is 533. The van der Waals surface area contributed by atoms with Crippen LogP contribution in [0.5, 0.6) is 0 Å². The predicted octanol–water partition coefficient (Wildman–Crippen LogP) is 4.01. The van der Waals surface area contributed by atoms with Gasteiger partial charge in [0.25, 0.3) is 0 Å². The Morgan fingerprint density at radius 2 is 1.56 bits per heavy atom. The molecule has 4 heteroatoms. The number of halogens is 3. The van der Waals surface area contributed by atoms with Crippen LogP contribution in [0, 0.1) is 18.6 Å². The molecular weight excluding hydrogens is 258 g/mol. The number of aliphatic hydroxyl groups excluding tert-OH is 1. The van der Waals surface area contributed by atoms with E-state index in [-0.39, 0.29) is 10.8 Å². The summed E-state index contributed by atoms with van der Waals surface area (Å²) in [6.07, 6.45) is -0.956. The van der Waals surface area contributed by atoms with Crippen molar-refractivity contribution in [1.29, 1.82) is 0 Å². The topological polar surface area (TPSA) is 20.2 Å². The van der Waals surface area contributed by atoms with Crippen molar-refractivity contribution in [1.82, 2.24) is 0 Å². The monoisotopic (exact) mass is 268 g/mol. The van der Waals surface area contributed by atoms with Gasteiger partial charge in [0.15, 0.2) is 0 Å². The second-order valence-electron chi connectivity index (χ2n) is 4.08. The van der Waals surface area contributed by atoms with Gasteiger partial charge in [0, 0.05) is 0 Å². The molecule has 18 heavy (non-hydrogen) atoms. The van der Waals surface area contributed by atoms with Crippen molar-refractivity contribution in [3.05, 3.63) is 69.7 Å². The van der Waals surface area contributed by atoms with Crippen molar-refractivity contribution in [2.45, 2.75) is 13.0 Å². The molecule has 1 N–H and O–H groups in total. The highest BCUT2D eigenvalue weighted by molar-refractivity contribution is 6.30. The lowest BCUT2D eigenvalue weighted by Crippen LogP contribution is -2.01. The van der Waals surface area contributed by atoms with Crippen LogP contribution in [0.3, 0.4) is 0 Å². The molecule has 1 unspecified atom stereocenters. The summed E-state index contributed by atoms with van der Waals surface area (Å²) in [6.45, 7) is 1.61. The van der Waals surface area contributed by atoms with Crippen molar-refractivity contribution in [3.63, 3.8) is 0 Å². The van der Waals surface area contributed by atoms with Crippen LogP contribution >= 0.6 is 11.6 Å². The average molecular weight is 269 g/mol. The fourth-order valence-corrected chi connectivity index (χ4v) is 1.90. The first-order chi connectivity index (χ1) is 8.49. The number of rotatable bonds is 2. The lowest BCUT2D eigenvalue weighted by atomic mass is 10.00. The Balaban J connectivity index is 2.37. The fourth-order valence-electron chi connectivity index (χ4n) is 1.71. The molecule has 0 aliphatic heterocycles. The van der Waals surface area contributed by atoms with Gasteiger partial charge in [-0.15, -0.1) is 0 Å². The molecule has 0 bridgehead atoms. The minimum absolute atomic E-state index is 0.0506. The molecule has 0 heterocycles. The van der Waals surface area contributed by atoms with Gasteiger partial charge >= 0.3 is 0 Å². The summed E-state index contributed by atoms with van der Waals surface area (Å²) in [5, 5.41) is 10.1. The Morgan fingerprint density at radius 1 is 1.00 bits per heavy atom. The van der Waals surface area contributed by atoms with E-state index in [4.69, 9.17) is 11.6 Å².